The lowest BCUT2D eigenvalue weighted by Crippen LogP contribution is -2.36. The van der Waals surface area contributed by atoms with E-state index in [9.17, 15) is 9.59 Å². The van der Waals surface area contributed by atoms with Gasteiger partial charge in [0.25, 0.3) is 0 Å². The number of hydrogen-bond acceptors (Lipinski definition) is 10. The molecule has 50 heavy (non-hydrogen) atoms. The van der Waals surface area contributed by atoms with Gasteiger partial charge in [-0.3, -0.25) is 9.80 Å². The number of hydrogen-bond donors (Lipinski definition) is 0. The van der Waals surface area contributed by atoms with E-state index >= 15 is 0 Å². The molecule has 4 heterocycles. The van der Waals surface area contributed by atoms with E-state index in [1.807, 2.05) is 41.5 Å². The molecular weight excluding hydrogens is 636 g/mol. The fourth-order valence-corrected chi connectivity index (χ4v) is 8.04. The third kappa shape index (κ3) is 5.92. The molecule has 0 N–H and O–H groups in total. The molecule has 4 atom stereocenters. The van der Waals surface area contributed by atoms with Crippen LogP contribution in [-0.4, -0.2) is 66.7 Å². The van der Waals surface area contributed by atoms with E-state index < -0.39 is 11.2 Å². The lowest BCUT2D eigenvalue weighted by Gasteiger charge is -2.40. The van der Waals surface area contributed by atoms with E-state index in [0.717, 1.165) is 49.7 Å². The number of aromatic nitrogens is 4. The van der Waals surface area contributed by atoms with Crippen LogP contribution < -0.4 is 0 Å². The zero-order chi connectivity index (χ0) is 34.9. The molecule has 3 aliphatic carbocycles. The average Bonchev–Trinajstić information content (AvgIpc) is 3.89. The van der Waals surface area contributed by atoms with Gasteiger partial charge < -0.3 is 18.3 Å². The maximum Gasteiger partial charge on any atom is 0.410 e. The second kappa shape index (κ2) is 11.9. The van der Waals surface area contributed by atoms with Crippen LogP contribution >= 0.6 is 0 Å². The number of carbonyl (C=O) groups is 2. The molecule has 2 fully saturated rings. The van der Waals surface area contributed by atoms with E-state index in [0.29, 0.717) is 36.7 Å². The van der Waals surface area contributed by atoms with Gasteiger partial charge in [-0.1, -0.05) is 12.1 Å². The van der Waals surface area contributed by atoms with Gasteiger partial charge in [0.2, 0.25) is 23.6 Å². The quantitative estimate of drug-likeness (QED) is 0.207. The number of fused-ring (bicyclic) bond motifs is 1. The molecule has 2 aliphatic heterocycles. The summed E-state index contributed by atoms with van der Waals surface area (Å²) in [6.45, 7) is 12.4. The van der Waals surface area contributed by atoms with Gasteiger partial charge in [0.1, 0.15) is 23.3 Å². The predicted octanol–water partition coefficient (Wildman–Crippen LogP) is 8.30. The SMILES string of the molecule is CC(C)(C)OC(=O)N1CCC[C@H]1c1nnc(-c2ccc3c(c2)C2CCC3c3cc(-c4nnc([C@@H]5CCCN5C(=O)OC(C)(C)C)o4)ccc32)o1. The Labute approximate surface area is 291 Å². The van der Waals surface area contributed by atoms with Crippen molar-refractivity contribution in [2.75, 3.05) is 13.1 Å². The molecule has 0 saturated carbocycles. The molecule has 0 spiro atoms. The van der Waals surface area contributed by atoms with Crippen LogP contribution in [0.2, 0.25) is 0 Å². The Morgan fingerprint density at radius 3 is 1.44 bits per heavy atom. The van der Waals surface area contributed by atoms with Crippen LogP contribution in [0.4, 0.5) is 9.59 Å². The minimum Gasteiger partial charge on any atom is -0.444 e. The number of nitrogens with zero attached hydrogens (tertiary/aromatic N) is 6. The van der Waals surface area contributed by atoms with Gasteiger partial charge in [-0.15, -0.1) is 20.4 Å². The number of amides is 2. The summed E-state index contributed by atoms with van der Waals surface area (Å²) in [5, 5.41) is 17.6. The summed E-state index contributed by atoms with van der Waals surface area (Å²) in [7, 11) is 0. The molecule has 2 saturated heterocycles. The third-order valence-electron chi connectivity index (χ3n) is 10.1. The van der Waals surface area contributed by atoms with Gasteiger partial charge >= 0.3 is 12.2 Å². The second-order valence-electron chi connectivity index (χ2n) is 15.9. The Kier molecular flexibility index (Phi) is 7.76. The van der Waals surface area contributed by atoms with Crippen LogP contribution in [-0.2, 0) is 9.47 Å². The highest BCUT2D eigenvalue weighted by Gasteiger charge is 2.40. The zero-order valence-electron chi connectivity index (χ0n) is 29.6. The minimum absolute atomic E-state index is 0.248. The van der Waals surface area contributed by atoms with Gasteiger partial charge in [-0.25, -0.2) is 9.59 Å². The second-order valence-corrected chi connectivity index (χ2v) is 15.9. The number of likely N-dealkylation sites (tertiary alicyclic amines) is 2. The van der Waals surface area contributed by atoms with Crippen LogP contribution in [0.25, 0.3) is 22.9 Å². The molecule has 12 heteroatoms. The van der Waals surface area contributed by atoms with Crippen molar-refractivity contribution >= 4 is 12.2 Å². The van der Waals surface area contributed by atoms with Crippen molar-refractivity contribution in [1.29, 1.82) is 0 Å². The van der Waals surface area contributed by atoms with Crippen LogP contribution in [0.3, 0.4) is 0 Å². The largest absolute Gasteiger partial charge is 0.444 e. The molecule has 2 amide bonds. The molecule has 9 rings (SSSR count). The smallest absolute Gasteiger partial charge is 0.410 e. The number of benzene rings is 2. The number of rotatable bonds is 4. The van der Waals surface area contributed by atoms with Crippen LogP contribution in [0.15, 0.2) is 45.2 Å². The minimum atomic E-state index is -0.578. The summed E-state index contributed by atoms with van der Waals surface area (Å²) in [5.41, 5.74) is 5.80. The first-order chi connectivity index (χ1) is 23.8. The van der Waals surface area contributed by atoms with Crippen molar-refractivity contribution in [2.45, 2.75) is 115 Å². The summed E-state index contributed by atoms with van der Waals surface area (Å²) in [4.78, 5) is 29.1. The highest BCUT2D eigenvalue weighted by Crippen LogP contribution is 2.54. The van der Waals surface area contributed by atoms with Gasteiger partial charge in [0, 0.05) is 36.1 Å². The average molecular weight is 681 g/mol. The van der Waals surface area contributed by atoms with Crippen LogP contribution in [0, 0.1) is 0 Å². The van der Waals surface area contributed by atoms with Crippen molar-refractivity contribution in [3.8, 4) is 22.9 Å². The molecule has 4 aromatic rings. The summed E-state index contributed by atoms with van der Waals surface area (Å²) in [6, 6.07) is 12.3. The molecule has 0 radical (unpaired) electrons. The molecule has 5 aliphatic rings. The van der Waals surface area contributed by atoms with Crippen LogP contribution in [0.1, 0.15) is 138 Å². The first kappa shape index (κ1) is 32.5. The Morgan fingerprint density at radius 1 is 0.620 bits per heavy atom. The van der Waals surface area contributed by atoms with E-state index in [1.165, 1.54) is 22.3 Å². The lowest BCUT2D eigenvalue weighted by atomic mass is 9.63. The van der Waals surface area contributed by atoms with Crippen molar-refractivity contribution < 1.29 is 27.9 Å². The third-order valence-corrected chi connectivity index (χ3v) is 10.1. The van der Waals surface area contributed by atoms with Gasteiger partial charge in [0.15, 0.2) is 0 Å². The lowest BCUT2D eigenvalue weighted by molar-refractivity contribution is 0.0194. The number of ether oxygens (including phenoxy) is 2. The van der Waals surface area contributed by atoms with Crippen molar-refractivity contribution in [1.82, 2.24) is 30.2 Å². The van der Waals surface area contributed by atoms with E-state index in [1.54, 1.807) is 9.80 Å². The Morgan fingerprint density at radius 2 is 1.04 bits per heavy atom. The Bertz CT molecular complexity index is 1810. The molecule has 2 aromatic heterocycles. The van der Waals surface area contributed by atoms with Gasteiger partial charge in [0.05, 0.1) is 0 Å². The molecule has 12 nitrogen and oxygen atoms in total. The summed E-state index contributed by atoms with van der Waals surface area (Å²) >= 11 is 0. The van der Waals surface area contributed by atoms with E-state index in [-0.39, 0.29) is 36.1 Å². The topological polar surface area (TPSA) is 137 Å². The predicted molar refractivity (Wildman–Crippen MR) is 182 cm³/mol. The molecule has 262 valence electrons. The maximum atomic E-state index is 12.9. The molecular formula is C38H44N6O6. The van der Waals surface area contributed by atoms with E-state index in [4.69, 9.17) is 18.3 Å². The highest BCUT2D eigenvalue weighted by molar-refractivity contribution is 5.70. The molecule has 2 aromatic carbocycles. The molecule has 2 unspecified atom stereocenters. The van der Waals surface area contributed by atoms with Gasteiger partial charge in [-0.2, -0.15) is 0 Å². The molecule has 2 bridgehead atoms. The van der Waals surface area contributed by atoms with Crippen molar-refractivity contribution in [2.24, 2.45) is 0 Å². The monoisotopic (exact) mass is 680 g/mol. The van der Waals surface area contributed by atoms with Crippen molar-refractivity contribution in [3.63, 3.8) is 0 Å². The summed E-state index contributed by atoms with van der Waals surface area (Å²) in [6.07, 6.45) is 4.61. The summed E-state index contributed by atoms with van der Waals surface area (Å²) < 4.78 is 23.7. The van der Waals surface area contributed by atoms with E-state index in [2.05, 4.69) is 56.8 Å². The Balaban J connectivity index is 1.01. The maximum absolute atomic E-state index is 12.9. The van der Waals surface area contributed by atoms with Crippen LogP contribution in [0.5, 0.6) is 0 Å². The fraction of sp³-hybridized carbons (Fsp3) is 0.526. The zero-order valence-corrected chi connectivity index (χ0v) is 29.6. The first-order valence-corrected chi connectivity index (χ1v) is 17.8. The first-order valence-electron chi connectivity index (χ1n) is 17.8. The fourth-order valence-electron chi connectivity index (χ4n) is 8.04. The highest BCUT2D eigenvalue weighted by atomic mass is 16.6. The normalized spacial score (nSPS) is 22.8. The standard InChI is InChI=1S/C38H44N6O6/c1-37(2,3)49-35(45)43-17-7-9-29(43)33-41-39-31(47-33)21-11-13-23-26-16-15-25(27(23)19-21)24-14-12-22(20-28(24)26)32-40-42-34(48-32)30-10-8-18-44(30)36(46)50-38(4,5)6/h11-14,19-20,25-26,29-30H,7-10,15-18H2,1-6H3/t25?,26?,29-,30-/m0/s1. The van der Waals surface area contributed by atoms with Gasteiger partial charge in [-0.05, 0) is 127 Å². The number of carbonyl (C=O) groups excluding carboxylic acids is 2. The summed E-state index contributed by atoms with van der Waals surface area (Å²) in [5.74, 6) is 2.28. The van der Waals surface area contributed by atoms with Crippen molar-refractivity contribution in [3.05, 3.63) is 70.4 Å². The Hall–Kier alpha value is -4.74.